The molecule has 122 heavy (non-hydrogen) atoms. The third-order valence-corrected chi connectivity index (χ3v) is 28.6. The van der Waals surface area contributed by atoms with Gasteiger partial charge in [-0.25, -0.2) is 0 Å². The van der Waals surface area contributed by atoms with Crippen LogP contribution in [-0.2, 0) is 90.6 Å². The first-order chi connectivity index (χ1) is 56.5. The van der Waals surface area contributed by atoms with Gasteiger partial charge in [-0.2, -0.15) is 42.3 Å². The van der Waals surface area contributed by atoms with Crippen molar-refractivity contribution in [1.29, 1.82) is 0 Å². The SMILES string of the molecule is CC(C)(C)[C](=[Mo])[CH-]c1c(-c2cccc(C(C)(C)C)c2O)cccc1-c1cccc(C(C)(C)C)c1O.CC(C)(C)c1cccc(-c2cccc(-c3cccc(C(C)(C)C)c3O)c2[CH-][C](=[Mo])[Si](C)(C)C)c1O.CC(C)(C)c1cccc(-c2cccc(-c3cccc(C(C)(C)C)c3O)c2[CH-][C](=[Mo])c2ccccc2)c1O.CNC.CNC.C[N-]C.C[N-]C.C[N-]C. The molecular formula is C107H145Mo3N5O6Si-6. The zero-order valence-electron chi connectivity index (χ0n) is 80.0. The molecular weight excluding hydrogens is 1770 g/mol. The summed E-state index contributed by atoms with van der Waals surface area (Å²) in [4.78, 5) is 0. The first kappa shape index (κ1) is 108. The van der Waals surface area contributed by atoms with E-state index < -0.39 is 8.07 Å². The molecule has 15 heteroatoms. The van der Waals surface area contributed by atoms with Gasteiger partial charge < -0.3 is 26.6 Å². The number of para-hydroxylation sites is 6. The van der Waals surface area contributed by atoms with E-state index in [2.05, 4.69) is 298 Å². The van der Waals surface area contributed by atoms with Gasteiger partial charge in [0.25, 0.3) is 0 Å². The monoisotopic (exact) mass is 1920 g/mol. The second-order valence-electron chi connectivity index (χ2n) is 38.7. The summed E-state index contributed by atoms with van der Waals surface area (Å²) < 4.78 is 3.72. The predicted molar refractivity (Wildman–Crippen MR) is 523 cm³/mol. The van der Waals surface area contributed by atoms with Gasteiger partial charge in [-0.05, 0) is 28.2 Å². The molecule has 0 fully saturated rings. The zero-order chi connectivity index (χ0) is 93.2. The second-order valence-corrected chi connectivity index (χ2v) is 48.0. The Kier molecular flexibility index (Phi) is 42.3. The number of hydrogen-bond donors (Lipinski definition) is 8. The number of benzene rings is 10. The van der Waals surface area contributed by atoms with Crippen LogP contribution in [0.2, 0.25) is 19.6 Å². The molecule has 662 valence electrons. The topological polar surface area (TPSA) is 188 Å². The van der Waals surface area contributed by atoms with Crippen molar-refractivity contribution < 1.29 is 88.7 Å². The van der Waals surface area contributed by atoms with Gasteiger partial charge in [-0.3, -0.25) is 0 Å². The minimum Gasteiger partial charge on any atom is -0.668 e. The molecule has 10 aromatic rings. The Morgan fingerprint density at radius 3 is 0.623 bits per heavy atom. The van der Waals surface area contributed by atoms with E-state index in [4.69, 9.17) is 0 Å². The van der Waals surface area contributed by atoms with E-state index in [1.54, 1.807) is 42.3 Å². The third kappa shape index (κ3) is 30.3. The molecule has 0 spiro atoms. The largest absolute Gasteiger partial charge is 0.668 e. The molecule has 0 aliphatic rings. The van der Waals surface area contributed by atoms with Crippen molar-refractivity contribution in [2.75, 3.05) is 70.5 Å². The van der Waals surface area contributed by atoms with E-state index in [1.807, 2.05) is 193 Å². The van der Waals surface area contributed by atoms with Gasteiger partial charge in [0.15, 0.2) is 0 Å². The molecule has 0 aromatic heterocycles. The number of nitrogens with one attached hydrogen (secondary N) is 2. The fraction of sp³-hybridized carbons (Fsp3) is 0.383. The number of hydrogen-bond acceptors (Lipinski definition) is 8. The Balaban J connectivity index is 0.000000436. The van der Waals surface area contributed by atoms with Crippen LogP contribution in [0.25, 0.3) is 82.7 Å². The van der Waals surface area contributed by atoms with Crippen molar-refractivity contribution >= 4 is 19.4 Å². The van der Waals surface area contributed by atoms with Gasteiger partial charge in [0.2, 0.25) is 0 Å². The van der Waals surface area contributed by atoms with Crippen LogP contribution in [0.3, 0.4) is 0 Å². The van der Waals surface area contributed by atoms with Crippen molar-refractivity contribution in [2.24, 2.45) is 5.41 Å². The summed E-state index contributed by atoms with van der Waals surface area (Å²) in [5.74, 6) is 1.87. The van der Waals surface area contributed by atoms with Crippen LogP contribution >= 0.6 is 0 Å². The summed E-state index contributed by atoms with van der Waals surface area (Å²) in [6.07, 6.45) is 6.69. The van der Waals surface area contributed by atoms with Crippen LogP contribution in [0.1, 0.15) is 201 Å². The summed E-state index contributed by atoms with van der Waals surface area (Å²) >= 11 is 6.20. The van der Waals surface area contributed by atoms with Gasteiger partial charge in [0.1, 0.15) is 0 Å². The zero-order valence-corrected chi connectivity index (χ0v) is 87.0. The summed E-state index contributed by atoms with van der Waals surface area (Å²) in [5.41, 5.74) is 19.0. The molecule has 8 N–H and O–H groups in total. The molecule has 0 aliphatic carbocycles. The van der Waals surface area contributed by atoms with E-state index in [-0.39, 0.29) is 37.9 Å². The molecule has 0 radical (unpaired) electrons. The smallest absolute Gasteiger partial charge is 0.0167 e. The summed E-state index contributed by atoms with van der Waals surface area (Å²) in [6.45, 7) is 51.7. The summed E-state index contributed by atoms with van der Waals surface area (Å²) in [7, 11) is 16.4. The van der Waals surface area contributed by atoms with Gasteiger partial charge in [-0.1, -0.05) is 0 Å². The molecule has 0 heterocycles. The molecule has 0 unspecified atom stereocenters. The van der Waals surface area contributed by atoms with Crippen molar-refractivity contribution in [3.8, 4) is 101 Å². The minimum atomic E-state index is -1.56. The molecule has 0 aliphatic heterocycles. The van der Waals surface area contributed by atoms with Crippen LogP contribution in [0, 0.1) is 24.7 Å². The van der Waals surface area contributed by atoms with E-state index in [0.29, 0.717) is 34.5 Å². The van der Waals surface area contributed by atoms with Gasteiger partial charge >= 0.3 is 681 Å². The third-order valence-electron chi connectivity index (χ3n) is 19.5. The van der Waals surface area contributed by atoms with Gasteiger partial charge in [-0.15, -0.1) is 0 Å². The summed E-state index contributed by atoms with van der Waals surface area (Å²) in [5, 5.41) is 84.5. The number of nitrogens with zero attached hydrogens (tertiary/aromatic N) is 3. The Hall–Kier alpha value is -7.70. The fourth-order valence-corrected chi connectivity index (χ4v) is 15.1. The van der Waals surface area contributed by atoms with Crippen molar-refractivity contribution in [1.82, 2.24) is 10.6 Å². The molecule has 0 saturated heterocycles. The molecule has 0 atom stereocenters. The first-order valence-corrected chi connectivity index (χ1v) is 48.2. The minimum absolute atomic E-state index is 0.0144. The number of phenolic OH excluding ortho intramolecular Hbond substituents is 6. The second kappa shape index (κ2) is 47.6. The number of rotatable bonds is 14. The van der Waals surface area contributed by atoms with Crippen LogP contribution < -0.4 is 10.6 Å². The first-order valence-electron chi connectivity index (χ1n) is 41.7. The van der Waals surface area contributed by atoms with E-state index in [1.165, 1.54) is 7.42 Å². The average molecular weight is 1910 g/mol. The molecule has 0 bridgehead atoms. The van der Waals surface area contributed by atoms with Crippen LogP contribution in [0.4, 0.5) is 0 Å². The molecule has 0 amide bonds. The quantitative estimate of drug-likeness (QED) is 0.0390. The van der Waals surface area contributed by atoms with E-state index in [0.717, 1.165) is 126 Å². The maximum atomic E-state index is 11.5. The summed E-state index contributed by atoms with van der Waals surface area (Å²) in [6, 6.07) is 64.8. The molecule has 10 rings (SSSR count). The maximum Gasteiger partial charge on any atom is -0.0167 e. The average Bonchev–Trinajstić information content (AvgIpc) is 0.775. The molecule has 10 aromatic carbocycles. The fourth-order valence-electron chi connectivity index (χ4n) is 13.3. The van der Waals surface area contributed by atoms with Crippen molar-refractivity contribution in [2.45, 2.75) is 198 Å². The number of phenols is 6. The predicted octanol–water partition coefficient (Wildman–Crippen LogP) is 26.4. The maximum absolute atomic E-state index is 11.5. The van der Waals surface area contributed by atoms with Crippen LogP contribution in [0.5, 0.6) is 34.5 Å². The Labute approximate surface area is 771 Å². The molecule has 11 nitrogen and oxygen atoms in total. The van der Waals surface area contributed by atoms with Gasteiger partial charge in [0, 0.05) is 0 Å². The Morgan fingerprint density at radius 1 is 0.270 bits per heavy atom. The molecule has 0 saturated carbocycles. The normalized spacial score (nSPS) is 11.5. The standard InChI is InChI=1S/C34H35O2.C32H39O2.C31H39O2Si.2C2H7N.3C2H6N.3Mo/c1-33(2,3)29-19-11-17-27(31(29)35)24-15-10-16-25(26(24)22-21-23-13-8-7-9-14-23)28-18-12-20-30(32(28)36)34(4,5)6;1-30(2,3)20-19-23-21(24-15-11-17-26(28(24)33)31(4,5)6)13-10-14-22(23)25-16-12-18-27(29(25)34)32(7,8)9;1-30(2,3)26-17-11-15-24(28(26)32)21-13-10-14-22(23(21)19-20-34(7,8)9)25-16-12-18-27(29(25)33)31(4,5)6;5*1-3-2;;;/h7-20,22,35-36H,1-6H3;10-19,33-34H,1-9H3;10-19,32-33H,1-9H3;2*3H,1-2H3;3*1-2H3;;;/q3*-1;;;3*-1;;;. The van der Waals surface area contributed by atoms with Crippen LogP contribution in [0.15, 0.2) is 194 Å². The van der Waals surface area contributed by atoms with E-state index in [9.17, 15) is 30.6 Å². The number of aromatic hydroxyl groups is 6. The van der Waals surface area contributed by atoms with Crippen LogP contribution in [-0.4, -0.2) is 121 Å². The van der Waals surface area contributed by atoms with Crippen molar-refractivity contribution in [3.05, 3.63) is 285 Å². The van der Waals surface area contributed by atoms with E-state index >= 15 is 0 Å². The Bertz CT molecular complexity index is 4600. The van der Waals surface area contributed by atoms with Gasteiger partial charge in [0.05, 0.1) is 0 Å². The van der Waals surface area contributed by atoms with Crippen molar-refractivity contribution in [3.63, 3.8) is 0 Å². The Morgan fingerprint density at radius 2 is 0.443 bits per heavy atom.